The zero-order valence-electron chi connectivity index (χ0n) is 18.0. The molecule has 4 heteroatoms. The number of rotatable bonds is 5. The number of carbonyl (C=O) groups excluding carboxylic acids is 1. The topological polar surface area (TPSA) is 46.9 Å². The third-order valence-corrected chi connectivity index (χ3v) is 5.14. The number of anilines is 1. The van der Waals surface area contributed by atoms with Crippen LogP contribution in [0.4, 0.5) is 5.69 Å². The first-order chi connectivity index (χ1) is 15.0. The molecular weight excluding hydrogens is 382 g/mol. The molecule has 0 aliphatic carbocycles. The molecule has 4 nitrogen and oxygen atoms in total. The highest BCUT2D eigenvalue weighted by Gasteiger charge is 2.11. The van der Waals surface area contributed by atoms with Gasteiger partial charge < -0.3 is 5.32 Å². The van der Waals surface area contributed by atoms with Gasteiger partial charge in [-0.25, -0.2) is 4.68 Å². The van der Waals surface area contributed by atoms with Crippen molar-refractivity contribution in [2.24, 2.45) is 0 Å². The van der Waals surface area contributed by atoms with Gasteiger partial charge in [-0.15, -0.1) is 0 Å². The standard InChI is InChI=1S/C27H25N3O/c1-19-9-12-22(13-10-19)27-23(18-30(29-27)24-7-5-4-6-8-24)14-16-26(31)28-25-15-11-20(2)17-21(25)3/h4-18H,1-3H3,(H,28,31)/b16-14+. The van der Waals surface area contributed by atoms with Crippen molar-refractivity contribution in [3.05, 3.63) is 107 Å². The molecule has 0 unspecified atom stereocenters. The van der Waals surface area contributed by atoms with Gasteiger partial charge in [0, 0.05) is 29.1 Å². The minimum atomic E-state index is -0.172. The molecule has 3 aromatic carbocycles. The Morgan fingerprint density at radius 3 is 2.32 bits per heavy atom. The number of carbonyl (C=O) groups is 1. The van der Waals surface area contributed by atoms with E-state index in [4.69, 9.17) is 5.10 Å². The van der Waals surface area contributed by atoms with Crippen LogP contribution in [0.15, 0.2) is 85.1 Å². The van der Waals surface area contributed by atoms with Gasteiger partial charge >= 0.3 is 0 Å². The van der Waals surface area contributed by atoms with E-state index in [0.717, 1.165) is 33.8 Å². The Hall–Kier alpha value is -3.92. The summed E-state index contributed by atoms with van der Waals surface area (Å²) in [6.07, 6.45) is 5.33. The van der Waals surface area contributed by atoms with E-state index >= 15 is 0 Å². The molecule has 0 spiro atoms. The van der Waals surface area contributed by atoms with Crippen molar-refractivity contribution >= 4 is 17.7 Å². The maximum Gasteiger partial charge on any atom is 0.248 e. The Balaban J connectivity index is 1.65. The molecule has 4 aromatic rings. The number of hydrogen-bond acceptors (Lipinski definition) is 2. The number of aromatic nitrogens is 2. The van der Waals surface area contributed by atoms with Crippen LogP contribution in [0.25, 0.3) is 23.0 Å². The van der Waals surface area contributed by atoms with Crippen LogP contribution in [0.2, 0.25) is 0 Å². The first-order valence-corrected chi connectivity index (χ1v) is 10.3. The molecule has 0 aliphatic rings. The Morgan fingerprint density at radius 1 is 0.903 bits per heavy atom. The molecule has 0 atom stereocenters. The van der Waals surface area contributed by atoms with E-state index in [1.165, 1.54) is 11.1 Å². The van der Waals surface area contributed by atoms with Crippen molar-refractivity contribution in [1.29, 1.82) is 0 Å². The summed E-state index contributed by atoms with van der Waals surface area (Å²) in [5.41, 5.74) is 7.91. The highest BCUT2D eigenvalue weighted by Crippen LogP contribution is 2.25. The monoisotopic (exact) mass is 407 g/mol. The van der Waals surface area contributed by atoms with E-state index in [1.807, 2.05) is 73.3 Å². The summed E-state index contributed by atoms with van der Waals surface area (Å²) in [4.78, 5) is 12.6. The Labute approximate surface area is 182 Å². The van der Waals surface area contributed by atoms with E-state index in [9.17, 15) is 4.79 Å². The third-order valence-electron chi connectivity index (χ3n) is 5.14. The van der Waals surface area contributed by atoms with Crippen LogP contribution in [0.5, 0.6) is 0 Å². The first-order valence-electron chi connectivity index (χ1n) is 10.3. The van der Waals surface area contributed by atoms with Crippen molar-refractivity contribution in [1.82, 2.24) is 9.78 Å². The number of amides is 1. The lowest BCUT2D eigenvalue weighted by molar-refractivity contribution is -0.111. The van der Waals surface area contributed by atoms with Gasteiger partial charge in [-0.3, -0.25) is 4.79 Å². The third kappa shape index (κ3) is 4.81. The predicted molar refractivity (Wildman–Crippen MR) is 127 cm³/mol. The van der Waals surface area contributed by atoms with Crippen molar-refractivity contribution in [2.75, 3.05) is 5.32 Å². The summed E-state index contributed by atoms with van der Waals surface area (Å²) >= 11 is 0. The molecule has 0 radical (unpaired) electrons. The van der Waals surface area contributed by atoms with E-state index < -0.39 is 0 Å². The zero-order chi connectivity index (χ0) is 21.8. The summed E-state index contributed by atoms with van der Waals surface area (Å²) in [5.74, 6) is -0.172. The van der Waals surface area contributed by atoms with E-state index in [0.29, 0.717) is 0 Å². The summed E-state index contributed by atoms with van der Waals surface area (Å²) < 4.78 is 1.84. The van der Waals surface area contributed by atoms with Gasteiger partial charge in [0.1, 0.15) is 0 Å². The minimum Gasteiger partial charge on any atom is -0.322 e. The summed E-state index contributed by atoms with van der Waals surface area (Å²) in [7, 11) is 0. The molecule has 0 aliphatic heterocycles. The second-order valence-corrected chi connectivity index (χ2v) is 7.72. The van der Waals surface area contributed by atoms with Gasteiger partial charge in [0.05, 0.1) is 11.4 Å². The van der Waals surface area contributed by atoms with Crippen LogP contribution in [-0.4, -0.2) is 15.7 Å². The fourth-order valence-corrected chi connectivity index (χ4v) is 3.45. The summed E-state index contributed by atoms with van der Waals surface area (Å²) in [6, 6.07) is 24.2. The van der Waals surface area contributed by atoms with Crippen LogP contribution >= 0.6 is 0 Å². The molecule has 31 heavy (non-hydrogen) atoms. The maximum atomic E-state index is 12.6. The summed E-state index contributed by atoms with van der Waals surface area (Å²) in [6.45, 7) is 6.09. The molecule has 0 saturated carbocycles. The molecule has 154 valence electrons. The Bertz CT molecular complexity index is 1240. The predicted octanol–water partition coefficient (Wildman–Crippen LogP) is 6.12. The molecule has 0 fully saturated rings. The SMILES string of the molecule is Cc1ccc(-c2nn(-c3ccccc3)cc2/C=C/C(=O)Nc2ccc(C)cc2C)cc1. The number of nitrogens with one attached hydrogen (secondary N) is 1. The van der Waals surface area contributed by atoms with Crippen LogP contribution in [0.3, 0.4) is 0 Å². The quantitative estimate of drug-likeness (QED) is 0.405. The average Bonchev–Trinajstić information content (AvgIpc) is 3.20. The number of nitrogens with zero attached hydrogens (tertiary/aromatic N) is 2. The van der Waals surface area contributed by atoms with Crippen molar-refractivity contribution < 1.29 is 4.79 Å². The largest absolute Gasteiger partial charge is 0.322 e. The lowest BCUT2D eigenvalue weighted by Gasteiger charge is -2.07. The van der Waals surface area contributed by atoms with Crippen LogP contribution in [0, 0.1) is 20.8 Å². The molecule has 1 aromatic heterocycles. The lowest BCUT2D eigenvalue weighted by Crippen LogP contribution is -2.08. The molecule has 0 saturated heterocycles. The second-order valence-electron chi connectivity index (χ2n) is 7.72. The summed E-state index contributed by atoms with van der Waals surface area (Å²) in [5, 5.41) is 7.76. The van der Waals surface area contributed by atoms with Gasteiger partial charge in [0.2, 0.25) is 5.91 Å². The van der Waals surface area contributed by atoms with Gasteiger partial charge in [-0.05, 0) is 50.6 Å². The normalized spacial score (nSPS) is 11.1. The molecule has 0 bridgehead atoms. The minimum absolute atomic E-state index is 0.172. The molecule has 1 heterocycles. The number of para-hydroxylation sites is 1. The lowest BCUT2D eigenvalue weighted by atomic mass is 10.1. The van der Waals surface area contributed by atoms with Gasteiger partial charge in [-0.1, -0.05) is 65.7 Å². The fourth-order valence-electron chi connectivity index (χ4n) is 3.45. The maximum absolute atomic E-state index is 12.6. The first kappa shape index (κ1) is 20.4. The van der Waals surface area contributed by atoms with Crippen LogP contribution < -0.4 is 5.32 Å². The number of benzene rings is 3. The fraction of sp³-hybridized carbons (Fsp3) is 0.111. The van der Waals surface area contributed by atoms with Crippen LogP contribution in [0.1, 0.15) is 22.3 Å². The van der Waals surface area contributed by atoms with E-state index in [1.54, 1.807) is 6.08 Å². The Morgan fingerprint density at radius 2 is 1.61 bits per heavy atom. The highest BCUT2D eigenvalue weighted by atomic mass is 16.1. The van der Waals surface area contributed by atoms with Gasteiger partial charge in [0.15, 0.2) is 0 Å². The molecule has 1 N–H and O–H groups in total. The van der Waals surface area contributed by atoms with Crippen LogP contribution in [-0.2, 0) is 4.79 Å². The van der Waals surface area contributed by atoms with Gasteiger partial charge in [-0.2, -0.15) is 5.10 Å². The van der Waals surface area contributed by atoms with Crippen molar-refractivity contribution in [3.63, 3.8) is 0 Å². The molecular formula is C27H25N3O. The highest BCUT2D eigenvalue weighted by molar-refractivity contribution is 6.02. The molecule has 4 rings (SSSR count). The number of aryl methyl sites for hydroxylation is 3. The van der Waals surface area contributed by atoms with E-state index in [2.05, 4.69) is 42.6 Å². The van der Waals surface area contributed by atoms with E-state index in [-0.39, 0.29) is 5.91 Å². The van der Waals surface area contributed by atoms with Crippen molar-refractivity contribution in [3.8, 4) is 16.9 Å². The smallest absolute Gasteiger partial charge is 0.248 e. The average molecular weight is 408 g/mol. The number of hydrogen-bond donors (Lipinski definition) is 1. The second kappa shape index (κ2) is 8.84. The Kier molecular flexibility index (Phi) is 5.80. The van der Waals surface area contributed by atoms with Gasteiger partial charge in [0.25, 0.3) is 0 Å². The zero-order valence-corrected chi connectivity index (χ0v) is 18.0. The molecule has 1 amide bonds. The van der Waals surface area contributed by atoms with Crippen molar-refractivity contribution in [2.45, 2.75) is 20.8 Å².